The molecule has 0 heterocycles. The lowest BCUT2D eigenvalue weighted by molar-refractivity contribution is 0.601. The van der Waals surface area contributed by atoms with Crippen LogP contribution in [0.15, 0.2) is 83.8 Å². The lowest BCUT2D eigenvalue weighted by Crippen LogP contribution is -2.13. The Kier molecular flexibility index (Phi) is 4.12. The molecule has 0 aliphatic rings. The molecule has 0 atom stereocenters. The Morgan fingerprint density at radius 3 is 2.04 bits per heavy atom. The van der Waals surface area contributed by atoms with E-state index in [0.717, 1.165) is 5.56 Å². The summed E-state index contributed by atoms with van der Waals surface area (Å²) in [6, 6.07) is 21.1. The fraction of sp³-hybridized carbons (Fsp3) is 0. The highest BCUT2D eigenvalue weighted by Gasteiger charge is 2.16. The average Bonchev–Trinajstić information content (AvgIpc) is 2.58. The summed E-state index contributed by atoms with van der Waals surface area (Å²) >= 11 is 0. The van der Waals surface area contributed by atoms with Gasteiger partial charge in [0.05, 0.1) is 10.6 Å². The second-order valence-electron chi connectivity index (χ2n) is 4.97. The van der Waals surface area contributed by atoms with Crippen molar-refractivity contribution in [1.29, 1.82) is 0 Å². The zero-order chi connectivity index (χ0) is 16.3. The first-order valence-corrected chi connectivity index (χ1v) is 8.47. The molecule has 0 radical (unpaired) electrons. The van der Waals surface area contributed by atoms with Crippen LogP contribution in [-0.4, -0.2) is 8.42 Å². The Balaban J connectivity index is 2.05. The van der Waals surface area contributed by atoms with E-state index in [2.05, 4.69) is 4.72 Å². The van der Waals surface area contributed by atoms with Gasteiger partial charge in [-0.1, -0.05) is 48.5 Å². The van der Waals surface area contributed by atoms with Crippen molar-refractivity contribution < 1.29 is 12.8 Å². The smallest absolute Gasteiger partial charge is 0.261 e. The van der Waals surface area contributed by atoms with Gasteiger partial charge in [0.25, 0.3) is 10.0 Å². The van der Waals surface area contributed by atoms with Gasteiger partial charge in [0.2, 0.25) is 0 Å². The number of benzene rings is 3. The topological polar surface area (TPSA) is 46.2 Å². The van der Waals surface area contributed by atoms with Crippen LogP contribution in [-0.2, 0) is 10.0 Å². The lowest BCUT2D eigenvalue weighted by Gasteiger charge is -2.13. The predicted octanol–water partition coefficient (Wildman–Crippen LogP) is 4.29. The highest BCUT2D eigenvalue weighted by Crippen LogP contribution is 2.30. The average molecular weight is 327 g/mol. The molecule has 0 saturated carbocycles. The third kappa shape index (κ3) is 3.40. The summed E-state index contributed by atoms with van der Waals surface area (Å²) in [5, 5.41) is 0. The predicted molar refractivity (Wildman–Crippen MR) is 89.1 cm³/mol. The summed E-state index contributed by atoms with van der Waals surface area (Å²) in [5.41, 5.74) is 1.56. The molecule has 0 aliphatic carbocycles. The van der Waals surface area contributed by atoms with Crippen LogP contribution in [0, 0.1) is 5.82 Å². The minimum absolute atomic E-state index is 0.156. The molecule has 0 amide bonds. The maximum absolute atomic E-state index is 13.6. The quantitative estimate of drug-likeness (QED) is 0.777. The summed E-state index contributed by atoms with van der Waals surface area (Å²) in [4.78, 5) is 0.156. The van der Waals surface area contributed by atoms with Crippen LogP contribution in [0.25, 0.3) is 11.1 Å². The van der Waals surface area contributed by atoms with Crippen LogP contribution in [0.3, 0.4) is 0 Å². The zero-order valence-electron chi connectivity index (χ0n) is 12.1. The third-order valence-corrected chi connectivity index (χ3v) is 4.75. The van der Waals surface area contributed by atoms with Gasteiger partial charge in [0.1, 0.15) is 5.82 Å². The summed E-state index contributed by atoms with van der Waals surface area (Å²) in [6.07, 6.45) is 0. The molecule has 3 aromatic carbocycles. The molecule has 3 rings (SSSR count). The van der Waals surface area contributed by atoms with E-state index in [4.69, 9.17) is 0 Å². The van der Waals surface area contributed by atoms with Crippen LogP contribution in [0.4, 0.5) is 10.1 Å². The molecule has 0 aromatic heterocycles. The van der Waals surface area contributed by atoms with Crippen molar-refractivity contribution in [2.75, 3.05) is 4.72 Å². The molecule has 3 aromatic rings. The zero-order valence-corrected chi connectivity index (χ0v) is 12.9. The Hall–Kier alpha value is -2.66. The minimum Gasteiger partial charge on any atom is -0.279 e. The Morgan fingerprint density at radius 2 is 1.39 bits per heavy atom. The van der Waals surface area contributed by atoms with Crippen molar-refractivity contribution in [1.82, 2.24) is 0 Å². The van der Waals surface area contributed by atoms with Gasteiger partial charge in [-0.05, 0) is 35.9 Å². The van der Waals surface area contributed by atoms with Gasteiger partial charge in [-0.25, -0.2) is 12.8 Å². The second-order valence-corrected chi connectivity index (χ2v) is 6.66. The van der Waals surface area contributed by atoms with Crippen molar-refractivity contribution in [2.24, 2.45) is 0 Å². The van der Waals surface area contributed by atoms with Gasteiger partial charge in [-0.15, -0.1) is 0 Å². The largest absolute Gasteiger partial charge is 0.279 e. The number of anilines is 1. The number of rotatable bonds is 4. The first kappa shape index (κ1) is 15.2. The third-order valence-electron chi connectivity index (χ3n) is 3.36. The molecule has 0 fully saturated rings. The Bertz CT molecular complexity index is 910. The number of halogens is 1. The maximum Gasteiger partial charge on any atom is 0.261 e. The first-order valence-electron chi connectivity index (χ1n) is 6.99. The van der Waals surface area contributed by atoms with Gasteiger partial charge in [-0.3, -0.25) is 4.72 Å². The second kappa shape index (κ2) is 6.22. The molecular formula is C18H14FNO2S. The highest BCUT2D eigenvalue weighted by molar-refractivity contribution is 7.92. The highest BCUT2D eigenvalue weighted by atomic mass is 32.2. The molecule has 0 aliphatic heterocycles. The molecule has 0 unspecified atom stereocenters. The molecule has 23 heavy (non-hydrogen) atoms. The van der Waals surface area contributed by atoms with Crippen molar-refractivity contribution in [3.05, 3.63) is 84.7 Å². The molecule has 116 valence electrons. The van der Waals surface area contributed by atoms with Crippen molar-refractivity contribution >= 4 is 15.7 Å². The molecule has 0 bridgehead atoms. The van der Waals surface area contributed by atoms with Crippen molar-refractivity contribution in [3.8, 4) is 11.1 Å². The van der Waals surface area contributed by atoms with Crippen molar-refractivity contribution in [3.63, 3.8) is 0 Å². The summed E-state index contributed by atoms with van der Waals surface area (Å²) in [6.45, 7) is 0. The first-order chi connectivity index (χ1) is 11.1. The number of sulfonamides is 1. The van der Waals surface area contributed by atoms with E-state index in [9.17, 15) is 12.8 Å². The molecular weight excluding hydrogens is 313 g/mol. The SMILES string of the molecule is O=S(=O)(Nc1ccc(F)cc1-c1ccccc1)c1ccccc1. The minimum atomic E-state index is -3.73. The van der Waals surface area contributed by atoms with E-state index in [1.165, 1.54) is 30.3 Å². The summed E-state index contributed by atoms with van der Waals surface area (Å²) in [5.74, 6) is -0.425. The standard InChI is InChI=1S/C18H14FNO2S/c19-15-11-12-18(17(13-15)14-7-3-1-4-8-14)20-23(21,22)16-9-5-2-6-10-16/h1-13,20H. The number of hydrogen-bond donors (Lipinski definition) is 1. The van der Waals surface area contributed by atoms with Gasteiger partial charge in [0.15, 0.2) is 0 Å². The molecule has 0 saturated heterocycles. The van der Waals surface area contributed by atoms with Gasteiger partial charge >= 0.3 is 0 Å². The van der Waals surface area contributed by atoms with Crippen LogP contribution in [0.1, 0.15) is 0 Å². The van der Waals surface area contributed by atoms with E-state index in [0.29, 0.717) is 11.3 Å². The Morgan fingerprint density at radius 1 is 0.783 bits per heavy atom. The fourth-order valence-corrected chi connectivity index (χ4v) is 3.37. The molecule has 5 heteroatoms. The van der Waals surface area contributed by atoms with E-state index < -0.39 is 15.8 Å². The van der Waals surface area contributed by atoms with Crippen LogP contribution in [0.2, 0.25) is 0 Å². The number of hydrogen-bond acceptors (Lipinski definition) is 2. The fourth-order valence-electron chi connectivity index (χ4n) is 2.27. The van der Waals surface area contributed by atoms with Crippen LogP contribution in [0.5, 0.6) is 0 Å². The van der Waals surface area contributed by atoms with E-state index in [1.54, 1.807) is 30.3 Å². The van der Waals surface area contributed by atoms with E-state index in [1.807, 2.05) is 18.2 Å². The van der Waals surface area contributed by atoms with E-state index >= 15 is 0 Å². The molecule has 3 nitrogen and oxygen atoms in total. The van der Waals surface area contributed by atoms with Crippen LogP contribution >= 0.6 is 0 Å². The maximum atomic E-state index is 13.6. The van der Waals surface area contributed by atoms with Gasteiger partial charge < -0.3 is 0 Å². The van der Waals surface area contributed by atoms with Gasteiger partial charge in [-0.2, -0.15) is 0 Å². The molecule has 0 spiro atoms. The van der Waals surface area contributed by atoms with Crippen LogP contribution < -0.4 is 4.72 Å². The normalized spacial score (nSPS) is 11.2. The monoisotopic (exact) mass is 327 g/mol. The summed E-state index contributed by atoms with van der Waals surface area (Å²) in [7, 11) is -3.73. The lowest BCUT2D eigenvalue weighted by atomic mass is 10.0. The van der Waals surface area contributed by atoms with E-state index in [-0.39, 0.29) is 4.90 Å². The Labute approximate surface area is 134 Å². The van der Waals surface area contributed by atoms with Gasteiger partial charge in [0, 0.05) is 5.56 Å². The van der Waals surface area contributed by atoms with Crippen molar-refractivity contribution in [2.45, 2.75) is 4.90 Å². The number of nitrogens with one attached hydrogen (secondary N) is 1. The molecule has 1 N–H and O–H groups in total. The summed E-state index contributed by atoms with van der Waals surface area (Å²) < 4.78 is 41.1.